The fraction of sp³-hybridized carbons (Fsp3) is 0.675. The number of amides is 3. The monoisotopic (exact) mass is 833 g/mol. The number of nitrogens with two attached hydrogens (primary N) is 1. The number of nitrogens with zero attached hydrogens (tertiary/aromatic N) is 2. The summed E-state index contributed by atoms with van der Waals surface area (Å²) < 4.78 is 0. The van der Waals surface area contributed by atoms with E-state index in [2.05, 4.69) is 55.1 Å². The number of hydrogen-bond acceptors (Lipinski definition) is 10. The molecule has 3 amide bonds. The Balaban J connectivity index is -0.000000291. The Kier molecular flexibility index (Phi) is 32.2. The predicted molar refractivity (Wildman–Crippen MR) is 222 cm³/mol. The molecule has 0 saturated carbocycles. The van der Waals surface area contributed by atoms with Crippen molar-refractivity contribution in [3.63, 3.8) is 0 Å². The van der Waals surface area contributed by atoms with Crippen LogP contribution in [-0.2, 0) is 36.2 Å². The van der Waals surface area contributed by atoms with Crippen LogP contribution in [0, 0.1) is 38.5 Å². The molecule has 3 rings (SSSR count). The minimum absolute atomic E-state index is 0.0154. The van der Waals surface area contributed by atoms with Crippen LogP contribution in [0.3, 0.4) is 0 Å². The number of carbonyl (C=O) groups is 4. The molecule has 1 aromatic heterocycles. The Bertz CT molecular complexity index is 1480. The van der Waals surface area contributed by atoms with Gasteiger partial charge < -0.3 is 46.9 Å². The average molecular weight is 833 g/mol. The van der Waals surface area contributed by atoms with Crippen LogP contribution in [0.5, 0.6) is 0 Å². The quantitative estimate of drug-likeness (QED) is 0.213. The molecule has 0 aliphatic carbocycles. The van der Waals surface area contributed by atoms with Gasteiger partial charge in [-0.05, 0) is 89.5 Å². The number of H-pyrrole nitrogens is 1. The Labute approximate surface area is 345 Å². The average Bonchev–Trinajstić information content (AvgIpc) is 3.10. The first-order chi connectivity index (χ1) is 25.5. The van der Waals surface area contributed by atoms with Crippen molar-refractivity contribution in [2.75, 3.05) is 7.05 Å². The second-order valence-electron chi connectivity index (χ2n) is 14.6. The van der Waals surface area contributed by atoms with Gasteiger partial charge in [-0.25, -0.2) is 0 Å². The molecular formula is C40H75N7O8V. The van der Waals surface area contributed by atoms with Crippen molar-refractivity contribution in [1.82, 2.24) is 30.8 Å². The number of carboxylic acid groups (broad SMARTS) is 1. The van der Waals surface area contributed by atoms with Crippen molar-refractivity contribution in [1.29, 1.82) is 0 Å². The summed E-state index contributed by atoms with van der Waals surface area (Å²) >= 11 is 2.06. The molecule has 15 nitrogen and oxygen atoms in total. The van der Waals surface area contributed by atoms with Crippen molar-refractivity contribution in [3.8, 4) is 0 Å². The molecule has 0 radical (unpaired) electrons. The minimum atomic E-state index is -0.741. The molecule has 0 fully saturated rings. The molecule has 0 aromatic carbocycles. The standard InChI is InChI=1S/C8H14N2O.C8H17NO2.C8H13NO.C7H10N2O.C4H11NO.C4H8O2.CH2.V/c1-5-6(2)10(4)7(3)8(11)9-5;1-5(2)8(11)9-6(3)7(4)10;1-5-4-6(2)8(10)9-7(5)3;1-4-5(2)9-7(10)6(3)8-4;1-3(5)4(2)6;1-3(2)4(5)6;;/h7H,1-4H3,(H,9,11);5-7,10H,1-4H3,(H,9,11);6H,4H2,1-3H3,(H,9,10);1-3H3,(H,9,10);3-4,6H,5H2,1-2H3;3H,1-2H3,(H,5,6);1H2;. The molecule has 6 unspecified atom stereocenters. The van der Waals surface area contributed by atoms with Gasteiger partial charge in [0.15, 0.2) is 0 Å². The first-order valence-corrected chi connectivity index (χ1v) is 19.7. The zero-order chi connectivity index (χ0) is 45.4. The summed E-state index contributed by atoms with van der Waals surface area (Å²) in [5, 5.41) is 37.0. The van der Waals surface area contributed by atoms with E-state index in [0.717, 1.165) is 34.9 Å². The van der Waals surface area contributed by atoms with E-state index >= 15 is 0 Å². The van der Waals surface area contributed by atoms with Crippen LogP contribution < -0.4 is 27.2 Å². The number of aryl methyl sites for hydroxylation is 3. The number of allylic oxidation sites excluding steroid dienone is 4. The second kappa shape index (κ2) is 30.5. The first kappa shape index (κ1) is 59.1. The zero-order valence-electron chi connectivity index (χ0n) is 37.3. The second-order valence-corrected chi connectivity index (χ2v) is 14.6. The molecule has 16 heteroatoms. The summed E-state index contributed by atoms with van der Waals surface area (Å²) in [6, 6.07) is -0.298. The van der Waals surface area contributed by atoms with Gasteiger partial charge in [0.2, 0.25) is 17.7 Å². The molecule has 6 atom stereocenters. The normalized spacial score (nSPS) is 17.9. The van der Waals surface area contributed by atoms with Crippen LogP contribution in [0.15, 0.2) is 27.5 Å². The summed E-state index contributed by atoms with van der Waals surface area (Å²) in [4.78, 5) is 62.5. The molecule has 2 aliphatic rings. The van der Waals surface area contributed by atoms with Gasteiger partial charge >= 0.3 is 28.2 Å². The van der Waals surface area contributed by atoms with E-state index < -0.39 is 12.1 Å². The van der Waals surface area contributed by atoms with Crippen molar-refractivity contribution in [3.05, 3.63) is 50.1 Å². The fourth-order valence-electron chi connectivity index (χ4n) is 3.48. The number of hydrogen-bond donors (Lipinski definition) is 8. The summed E-state index contributed by atoms with van der Waals surface area (Å²) in [7, 11) is 1.93. The molecule has 2 aliphatic heterocycles. The number of nitrogens with one attached hydrogen (secondary N) is 4. The topological polar surface area (TPSA) is 240 Å². The predicted octanol–water partition coefficient (Wildman–Crippen LogP) is 3.75. The summed E-state index contributed by atoms with van der Waals surface area (Å²) in [5.74, 6) is -0.614. The number of aromatic amines is 1. The maximum absolute atomic E-state index is 11.2. The molecular weight excluding hydrogens is 757 g/mol. The van der Waals surface area contributed by atoms with E-state index in [1.165, 1.54) is 5.57 Å². The van der Waals surface area contributed by atoms with Gasteiger partial charge in [0.25, 0.3) is 5.56 Å². The van der Waals surface area contributed by atoms with E-state index in [1.807, 2.05) is 74.3 Å². The van der Waals surface area contributed by atoms with E-state index in [9.17, 15) is 24.0 Å². The van der Waals surface area contributed by atoms with Crippen LogP contribution in [0.2, 0.25) is 0 Å². The number of aliphatic carboxylic acids is 1. The van der Waals surface area contributed by atoms with Crippen LogP contribution in [-0.4, -0.2) is 96.5 Å². The van der Waals surface area contributed by atoms with Crippen LogP contribution >= 0.6 is 0 Å². The maximum atomic E-state index is 11.2. The molecule has 0 spiro atoms. The van der Waals surface area contributed by atoms with Crippen molar-refractivity contribution >= 4 is 28.9 Å². The Morgan fingerprint density at radius 3 is 1.59 bits per heavy atom. The number of aliphatic hydroxyl groups excluding tert-OH is 2. The van der Waals surface area contributed by atoms with Gasteiger partial charge in [-0.3, -0.25) is 29.0 Å². The van der Waals surface area contributed by atoms with Gasteiger partial charge in [-0.2, -0.15) is 0 Å². The van der Waals surface area contributed by atoms with E-state index in [1.54, 1.807) is 48.5 Å². The van der Waals surface area contributed by atoms with Crippen molar-refractivity contribution < 1.29 is 51.5 Å². The van der Waals surface area contributed by atoms with Crippen molar-refractivity contribution in [2.45, 2.75) is 154 Å². The van der Waals surface area contributed by atoms with E-state index in [4.69, 9.17) is 21.1 Å². The summed E-state index contributed by atoms with van der Waals surface area (Å²) in [5.41, 5.74) is 11.8. The fourth-order valence-corrected chi connectivity index (χ4v) is 3.48. The number of carbonyl (C=O) groups excluding carboxylic acids is 3. The number of rotatable bonds is 5. The Hall–Kier alpha value is -3.63. The van der Waals surface area contributed by atoms with Gasteiger partial charge in [0, 0.05) is 47.7 Å². The van der Waals surface area contributed by atoms with E-state index in [-0.39, 0.29) is 65.3 Å². The van der Waals surface area contributed by atoms with E-state index in [0.29, 0.717) is 5.69 Å². The molecule has 3 heterocycles. The first-order valence-electron chi connectivity index (χ1n) is 18.7. The summed E-state index contributed by atoms with van der Waals surface area (Å²) in [6.07, 6.45) is 0.0557. The molecule has 56 heavy (non-hydrogen) atoms. The van der Waals surface area contributed by atoms with Gasteiger partial charge in [-0.1, -0.05) is 40.2 Å². The van der Waals surface area contributed by atoms with Crippen LogP contribution in [0.4, 0.5) is 0 Å². The van der Waals surface area contributed by atoms with Gasteiger partial charge in [-0.15, -0.1) is 0 Å². The van der Waals surface area contributed by atoms with Gasteiger partial charge in [0.1, 0.15) is 11.7 Å². The van der Waals surface area contributed by atoms with Gasteiger partial charge in [0.05, 0.1) is 29.9 Å². The third-order valence-electron chi connectivity index (χ3n) is 8.73. The number of aliphatic hydroxyl groups is 2. The molecule has 9 N–H and O–H groups in total. The SMILES string of the molecule is CC(C)C(=O)NC(C)C(C)O.CC(C)C(=O)O.CC(N)C(C)O.CC1=C(C)N(C)C(C)C(=O)N1.CC1=C(C)NC(=O)C(C)C1.Cc1nc(C)c(=O)[nH]c1C.[CH2]=[V]. The summed E-state index contributed by atoms with van der Waals surface area (Å²) in [6.45, 7) is 31.0. The molecule has 0 saturated heterocycles. The van der Waals surface area contributed by atoms with Crippen LogP contribution in [0.25, 0.3) is 0 Å². The molecule has 1 aromatic rings. The number of aromatic nitrogens is 2. The Morgan fingerprint density at radius 2 is 1.25 bits per heavy atom. The molecule has 0 bridgehead atoms. The third-order valence-corrected chi connectivity index (χ3v) is 8.73. The zero-order valence-corrected chi connectivity index (χ0v) is 38.7. The molecule has 323 valence electrons. The number of likely N-dealkylation sites (N-methyl/N-ethyl adjacent to an activating group) is 1. The van der Waals surface area contributed by atoms with Crippen LogP contribution in [0.1, 0.15) is 120 Å². The third kappa shape index (κ3) is 26.3. The van der Waals surface area contributed by atoms with Crippen molar-refractivity contribution in [2.24, 2.45) is 23.5 Å². The Morgan fingerprint density at radius 1 is 0.821 bits per heavy atom. The number of carboxylic acids is 1.